The Labute approximate surface area is 359 Å². The van der Waals surface area contributed by atoms with E-state index in [0.717, 1.165) is 65.5 Å². The van der Waals surface area contributed by atoms with Gasteiger partial charge in [-0.05, 0) is 92.4 Å². The SMILES string of the molecule is CCC(C)(CC)C(=O)/C=C(\O)C(C)(CC)CC.Cc1oc2nc(-c3[c-]c4ccccc4c(C(C)(C)C)c3)cc(-c3ccc4c(C)c(CC(C)C)sc4c3)c2c1C.[Ir]. The molecule has 6 aromatic rings. The molecule has 0 saturated carbocycles. The van der Waals surface area contributed by atoms with E-state index in [1.807, 2.05) is 59.8 Å². The van der Waals surface area contributed by atoms with Crippen molar-refractivity contribution in [1.29, 1.82) is 0 Å². The number of nitrogens with zero attached hydrogens (tertiary/aromatic N) is 1. The number of aromatic nitrogens is 1. The van der Waals surface area contributed by atoms with Crippen molar-refractivity contribution < 1.29 is 34.4 Å². The van der Waals surface area contributed by atoms with Crippen molar-refractivity contribution >= 4 is 49.1 Å². The molecule has 1 N–H and O–H groups in total. The molecule has 6 rings (SSSR count). The third kappa shape index (κ3) is 9.51. The van der Waals surface area contributed by atoms with E-state index >= 15 is 0 Å². The predicted octanol–water partition coefficient (Wildman–Crippen LogP) is 15.4. The van der Waals surface area contributed by atoms with Gasteiger partial charge in [-0.25, -0.2) is 0 Å². The topological polar surface area (TPSA) is 63.3 Å². The number of aliphatic hydroxyl groups excluding tert-OH is 1. The minimum atomic E-state index is -0.337. The number of pyridine rings is 1. The van der Waals surface area contributed by atoms with E-state index in [1.54, 1.807) is 0 Å². The Morgan fingerprint density at radius 1 is 0.860 bits per heavy atom. The minimum absolute atomic E-state index is 0. The molecule has 3 heterocycles. The van der Waals surface area contributed by atoms with Crippen molar-refractivity contribution in [3.8, 4) is 22.4 Å². The van der Waals surface area contributed by atoms with Crippen molar-refractivity contribution in [2.75, 3.05) is 0 Å². The molecule has 0 aliphatic rings. The molecule has 307 valence electrons. The maximum Gasteiger partial charge on any atom is 0.220 e. The van der Waals surface area contributed by atoms with Crippen LogP contribution in [0.4, 0.5) is 0 Å². The fraction of sp³-hybridized carbons (Fsp3) is 0.451. The smallest absolute Gasteiger partial charge is 0.220 e. The standard InChI is InChI=1S/C36H36NOS.C15H28O2.Ir/c1-20(2)15-32-22(4)27-14-13-25(18-33(27)39-32)29-19-31(37-35-34(29)21(3)23(5)38-35)26-16-24-11-9-10-12-28(24)30(17-26)36(6,7)8;1-7-14(5,8-2)12(16)11-13(17)15(6,9-3)10-4;/h9-14,17-20H,15H2,1-8H3;11,16H,7-10H2,1-6H3;/q-1;;/b;12-11-;. The monoisotopic (exact) mass is 963 g/mol. The van der Waals surface area contributed by atoms with Crippen LogP contribution in [0.3, 0.4) is 0 Å². The average Bonchev–Trinajstić information content (AvgIpc) is 3.64. The van der Waals surface area contributed by atoms with Gasteiger partial charge in [0.1, 0.15) is 11.5 Å². The predicted molar refractivity (Wildman–Crippen MR) is 241 cm³/mol. The number of aryl methyl sites for hydroxylation is 3. The maximum absolute atomic E-state index is 12.2. The van der Waals surface area contributed by atoms with Gasteiger partial charge in [0.05, 0.1) is 0 Å². The molecule has 0 spiro atoms. The number of allylic oxidation sites excluding steroid dienone is 2. The molecule has 0 amide bonds. The summed E-state index contributed by atoms with van der Waals surface area (Å²) < 4.78 is 7.58. The summed E-state index contributed by atoms with van der Waals surface area (Å²) in [6, 6.07) is 23.7. The Balaban J connectivity index is 0.000000341. The number of aliphatic hydroxyl groups is 1. The summed E-state index contributed by atoms with van der Waals surface area (Å²) in [4.78, 5) is 18.7. The van der Waals surface area contributed by atoms with Crippen LogP contribution >= 0.6 is 11.3 Å². The first-order valence-electron chi connectivity index (χ1n) is 20.6. The molecular weight excluding hydrogens is 899 g/mol. The Hall–Kier alpha value is -3.57. The molecule has 6 heteroatoms. The van der Waals surface area contributed by atoms with Gasteiger partial charge in [-0.2, -0.15) is 0 Å². The van der Waals surface area contributed by atoms with Gasteiger partial charge in [-0.3, -0.25) is 9.78 Å². The van der Waals surface area contributed by atoms with Gasteiger partial charge in [0.2, 0.25) is 5.71 Å². The van der Waals surface area contributed by atoms with Crippen molar-refractivity contribution in [1.82, 2.24) is 4.98 Å². The number of rotatable bonds is 11. The summed E-state index contributed by atoms with van der Waals surface area (Å²) >= 11 is 1.94. The number of hydrogen-bond acceptors (Lipinski definition) is 5. The number of carbonyl (C=O) groups excluding carboxylic acids is 1. The molecule has 0 aliphatic carbocycles. The van der Waals surface area contributed by atoms with Crippen LogP contribution < -0.4 is 0 Å². The third-order valence-corrected chi connectivity index (χ3v) is 13.8. The molecule has 57 heavy (non-hydrogen) atoms. The number of thiophene rings is 1. The number of hydrogen-bond donors (Lipinski definition) is 1. The average molecular weight is 963 g/mol. The van der Waals surface area contributed by atoms with Gasteiger partial charge in [0.25, 0.3) is 0 Å². The molecule has 1 radical (unpaired) electrons. The van der Waals surface area contributed by atoms with Crippen LogP contribution in [0.2, 0.25) is 0 Å². The van der Waals surface area contributed by atoms with Gasteiger partial charge < -0.3 is 9.52 Å². The van der Waals surface area contributed by atoms with E-state index in [4.69, 9.17) is 9.40 Å². The quantitative estimate of drug-likeness (QED) is 0.0798. The first kappa shape index (κ1) is 46.1. The Bertz CT molecular complexity index is 2400. The fourth-order valence-electron chi connectivity index (χ4n) is 7.40. The summed E-state index contributed by atoms with van der Waals surface area (Å²) in [7, 11) is 0. The largest absolute Gasteiger partial charge is 0.512 e. The van der Waals surface area contributed by atoms with Crippen LogP contribution in [0.5, 0.6) is 0 Å². The summed E-state index contributed by atoms with van der Waals surface area (Å²) in [5.41, 5.74) is 8.22. The molecule has 3 aromatic heterocycles. The summed E-state index contributed by atoms with van der Waals surface area (Å²) in [5, 5.41) is 15.0. The van der Waals surface area contributed by atoms with Gasteiger partial charge >= 0.3 is 0 Å². The second kappa shape index (κ2) is 18.1. The Morgan fingerprint density at radius 3 is 2.09 bits per heavy atom. The third-order valence-electron chi connectivity index (χ3n) is 12.5. The summed E-state index contributed by atoms with van der Waals surface area (Å²) in [6.07, 6.45) is 5.88. The molecule has 0 saturated heterocycles. The van der Waals surface area contributed by atoms with Crippen molar-refractivity contribution in [2.45, 2.75) is 134 Å². The molecule has 4 nitrogen and oxygen atoms in total. The molecule has 0 bridgehead atoms. The van der Waals surface area contributed by atoms with Gasteiger partial charge in [0, 0.05) is 63.2 Å². The normalized spacial score (nSPS) is 12.6. The zero-order chi connectivity index (χ0) is 41.3. The van der Waals surface area contributed by atoms with Crippen LogP contribution in [0.15, 0.2) is 70.8 Å². The number of benzene rings is 3. The molecule has 0 atom stereocenters. The van der Waals surface area contributed by atoms with E-state index < -0.39 is 0 Å². The summed E-state index contributed by atoms with van der Waals surface area (Å²) in [5.74, 6) is 1.85. The first-order chi connectivity index (χ1) is 26.3. The van der Waals surface area contributed by atoms with Gasteiger partial charge in [0.15, 0.2) is 5.78 Å². The molecule has 3 aromatic carbocycles. The zero-order valence-corrected chi connectivity index (χ0v) is 40.1. The van der Waals surface area contributed by atoms with E-state index in [-0.39, 0.29) is 47.9 Å². The van der Waals surface area contributed by atoms with E-state index in [9.17, 15) is 9.90 Å². The Morgan fingerprint density at radius 2 is 1.49 bits per heavy atom. The van der Waals surface area contributed by atoms with Gasteiger partial charge in [-0.1, -0.05) is 124 Å². The van der Waals surface area contributed by atoms with Crippen molar-refractivity contribution in [3.05, 3.63) is 99.8 Å². The number of fused-ring (bicyclic) bond motifs is 3. The summed E-state index contributed by atoms with van der Waals surface area (Å²) in [6.45, 7) is 29.9. The van der Waals surface area contributed by atoms with E-state index in [2.05, 4.69) is 109 Å². The van der Waals surface area contributed by atoms with Crippen LogP contribution in [-0.2, 0) is 36.7 Å². The van der Waals surface area contributed by atoms with Crippen molar-refractivity contribution in [2.24, 2.45) is 16.7 Å². The van der Waals surface area contributed by atoms with E-state index in [0.29, 0.717) is 11.6 Å². The second-order valence-electron chi connectivity index (χ2n) is 17.8. The van der Waals surface area contributed by atoms with Crippen LogP contribution in [0, 0.1) is 43.6 Å². The van der Waals surface area contributed by atoms with Crippen molar-refractivity contribution in [3.63, 3.8) is 0 Å². The van der Waals surface area contributed by atoms with Gasteiger partial charge in [-0.15, -0.1) is 40.5 Å². The minimum Gasteiger partial charge on any atom is -0.512 e. The molecular formula is C51H64IrNO3S-. The van der Waals surface area contributed by atoms with E-state index in [1.165, 1.54) is 48.7 Å². The maximum atomic E-state index is 12.2. The molecule has 0 unspecified atom stereocenters. The second-order valence-corrected chi connectivity index (χ2v) is 18.9. The molecule has 0 fully saturated rings. The Kier molecular flexibility index (Phi) is 14.7. The fourth-order valence-corrected chi connectivity index (χ4v) is 8.86. The van der Waals surface area contributed by atoms with Crippen LogP contribution in [-0.4, -0.2) is 15.9 Å². The first-order valence-corrected chi connectivity index (χ1v) is 21.5. The zero-order valence-electron chi connectivity index (χ0n) is 36.8. The number of furan rings is 1. The van der Waals surface area contributed by atoms with Crippen LogP contribution in [0.1, 0.15) is 129 Å². The number of ketones is 1. The number of carbonyl (C=O) groups is 1. The van der Waals surface area contributed by atoms with Crippen LogP contribution in [0.25, 0.3) is 54.3 Å². The molecule has 0 aliphatic heterocycles.